The molecule has 2 atom stereocenters. The van der Waals surface area contributed by atoms with E-state index in [1.807, 2.05) is 25.1 Å². The number of benzene rings is 2. The van der Waals surface area contributed by atoms with Crippen molar-refractivity contribution in [1.82, 2.24) is 10.6 Å². The predicted octanol–water partition coefficient (Wildman–Crippen LogP) is 3.91. The zero-order chi connectivity index (χ0) is 18.4. The summed E-state index contributed by atoms with van der Waals surface area (Å²) in [5.74, 6) is -0.492. The minimum Gasteiger partial charge on any atom is -0.332 e. The number of carbonyl (C=O) groups excluding carboxylic acids is 2. The van der Waals surface area contributed by atoms with Crippen molar-refractivity contribution in [3.05, 3.63) is 65.5 Å². The fraction of sp³-hybridized carbons (Fsp3) is 0.263. The summed E-state index contributed by atoms with van der Waals surface area (Å²) in [7, 11) is 0. The summed E-state index contributed by atoms with van der Waals surface area (Å²) in [6.45, 7) is 5.07. The lowest BCUT2D eigenvalue weighted by atomic mass is 10.1. The average Bonchev–Trinajstić information content (AvgIpc) is 2.54. The van der Waals surface area contributed by atoms with Gasteiger partial charge in [-0.25, -0.2) is 9.18 Å². The van der Waals surface area contributed by atoms with Crippen LogP contribution in [0, 0.1) is 5.82 Å². The topological polar surface area (TPSA) is 70.2 Å². The van der Waals surface area contributed by atoms with Crippen molar-refractivity contribution < 1.29 is 14.0 Å². The molecule has 0 spiro atoms. The quantitative estimate of drug-likeness (QED) is 0.770. The predicted molar refractivity (Wildman–Crippen MR) is 95.6 cm³/mol. The van der Waals surface area contributed by atoms with E-state index < -0.39 is 0 Å². The van der Waals surface area contributed by atoms with Crippen LogP contribution in [0.25, 0.3) is 0 Å². The van der Waals surface area contributed by atoms with Crippen molar-refractivity contribution in [2.45, 2.75) is 32.9 Å². The van der Waals surface area contributed by atoms with Crippen LogP contribution in [0.3, 0.4) is 0 Å². The van der Waals surface area contributed by atoms with Gasteiger partial charge in [-0.1, -0.05) is 24.3 Å². The molecule has 0 radical (unpaired) electrons. The van der Waals surface area contributed by atoms with E-state index in [0.717, 1.165) is 5.56 Å². The van der Waals surface area contributed by atoms with E-state index >= 15 is 0 Å². The van der Waals surface area contributed by atoms with E-state index in [4.69, 9.17) is 0 Å². The molecule has 0 aliphatic rings. The summed E-state index contributed by atoms with van der Waals surface area (Å²) in [5, 5.41) is 8.33. The standard InChI is InChI=1S/C19H22FN3O2/c1-12(15-6-4-8-17(20)10-15)21-19(25)22-13(2)16-7-5-9-18(11-16)23-14(3)24/h4-13H,1-3H3,(H,23,24)(H2,21,22,25)/t12-,13+/m1/s1. The maximum atomic E-state index is 13.3. The van der Waals surface area contributed by atoms with Gasteiger partial charge in [0, 0.05) is 12.6 Å². The van der Waals surface area contributed by atoms with Gasteiger partial charge in [-0.05, 0) is 49.2 Å². The molecule has 0 heterocycles. The Labute approximate surface area is 146 Å². The van der Waals surface area contributed by atoms with Crippen molar-refractivity contribution in [1.29, 1.82) is 0 Å². The van der Waals surface area contributed by atoms with Gasteiger partial charge in [0.05, 0.1) is 12.1 Å². The summed E-state index contributed by atoms with van der Waals surface area (Å²) in [4.78, 5) is 23.3. The molecular formula is C19H22FN3O2. The zero-order valence-corrected chi connectivity index (χ0v) is 14.5. The summed E-state index contributed by atoms with van der Waals surface area (Å²) in [6, 6.07) is 12.5. The van der Waals surface area contributed by atoms with Crippen LogP contribution in [0.4, 0.5) is 14.9 Å². The first kappa shape index (κ1) is 18.4. The molecule has 2 aromatic carbocycles. The highest BCUT2D eigenvalue weighted by atomic mass is 19.1. The van der Waals surface area contributed by atoms with Gasteiger partial charge in [0.15, 0.2) is 0 Å². The number of hydrogen-bond acceptors (Lipinski definition) is 2. The van der Waals surface area contributed by atoms with E-state index in [2.05, 4.69) is 16.0 Å². The number of urea groups is 1. The first-order valence-electron chi connectivity index (χ1n) is 8.05. The highest BCUT2D eigenvalue weighted by molar-refractivity contribution is 5.88. The molecule has 3 amide bonds. The van der Waals surface area contributed by atoms with E-state index in [9.17, 15) is 14.0 Å². The normalized spacial score (nSPS) is 12.8. The van der Waals surface area contributed by atoms with Gasteiger partial charge in [0.2, 0.25) is 5.91 Å². The van der Waals surface area contributed by atoms with Gasteiger partial charge in [-0.15, -0.1) is 0 Å². The van der Waals surface area contributed by atoms with Gasteiger partial charge in [0.25, 0.3) is 0 Å². The number of anilines is 1. The lowest BCUT2D eigenvalue weighted by molar-refractivity contribution is -0.114. The number of amides is 3. The van der Waals surface area contributed by atoms with Crippen molar-refractivity contribution in [3.63, 3.8) is 0 Å². The largest absolute Gasteiger partial charge is 0.332 e. The number of halogens is 1. The van der Waals surface area contributed by atoms with Crippen LogP contribution in [0.15, 0.2) is 48.5 Å². The van der Waals surface area contributed by atoms with Crippen molar-refractivity contribution in [2.75, 3.05) is 5.32 Å². The third-order valence-corrected chi connectivity index (χ3v) is 3.75. The lowest BCUT2D eigenvalue weighted by Crippen LogP contribution is -2.38. The Morgan fingerprint density at radius 2 is 1.48 bits per heavy atom. The van der Waals surface area contributed by atoms with Crippen molar-refractivity contribution in [2.24, 2.45) is 0 Å². The summed E-state index contributed by atoms with van der Waals surface area (Å²) >= 11 is 0. The van der Waals surface area contributed by atoms with Crippen LogP contribution in [-0.2, 0) is 4.79 Å². The number of rotatable bonds is 5. The van der Waals surface area contributed by atoms with Gasteiger partial charge in [-0.2, -0.15) is 0 Å². The number of hydrogen-bond donors (Lipinski definition) is 3. The highest BCUT2D eigenvalue weighted by Gasteiger charge is 2.13. The van der Waals surface area contributed by atoms with Gasteiger partial charge >= 0.3 is 6.03 Å². The Hall–Kier alpha value is -2.89. The van der Waals surface area contributed by atoms with Gasteiger partial charge < -0.3 is 16.0 Å². The van der Waals surface area contributed by atoms with Crippen molar-refractivity contribution in [3.8, 4) is 0 Å². The Balaban J connectivity index is 1.96. The van der Waals surface area contributed by atoms with Crippen LogP contribution in [0.2, 0.25) is 0 Å². The summed E-state index contributed by atoms with van der Waals surface area (Å²) in [6.07, 6.45) is 0. The minimum atomic E-state index is -0.353. The second-order valence-corrected chi connectivity index (χ2v) is 5.92. The molecule has 0 aromatic heterocycles. The molecule has 0 unspecified atom stereocenters. The van der Waals surface area contributed by atoms with E-state index in [-0.39, 0.29) is 29.8 Å². The first-order chi connectivity index (χ1) is 11.8. The third kappa shape index (κ3) is 5.60. The van der Waals surface area contributed by atoms with Crippen LogP contribution in [0.5, 0.6) is 0 Å². The molecule has 2 aromatic rings. The number of carbonyl (C=O) groups is 2. The molecule has 25 heavy (non-hydrogen) atoms. The minimum absolute atomic E-state index is 0.153. The first-order valence-corrected chi connectivity index (χ1v) is 8.05. The molecule has 3 N–H and O–H groups in total. The molecule has 5 nitrogen and oxygen atoms in total. The van der Waals surface area contributed by atoms with Gasteiger partial charge in [-0.3, -0.25) is 4.79 Å². The zero-order valence-electron chi connectivity index (χ0n) is 14.5. The second-order valence-electron chi connectivity index (χ2n) is 5.92. The molecule has 0 aliphatic carbocycles. The highest BCUT2D eigenvalue weighted by Crippen LogP contribution is 2.18. The summed E-state index contributed by atoms with van der Waals surface area (Å²) < 4.78 is 13.3. The van der Waals surface area contributed by atoms with Crippen LogP contribution in [0.1, 0.15) is 44.0 Å². The fourth-order valence-corrected chi connectivity index (χ4v) is 2.47. The second kappa shape index (κ2) is 8.28. The molecule has 0 aliphatic heterocycles. The Morgan fingerprint density at radius 3 is 2.04 bits per heavy atom. The van der Waals surface area contributed by atoms with Crippen LogP contribution >= 0.6 is 0 Å². The smallest absolute Gasteiger partial charge is 0.315 e. The molecule has 0 fully saturated rings. The average molecular weight is 343 g/mol. The molecule has 0 bridgehead atoms. The third-order valence-electron chi connectivity index (χ3n) is 3.75. The monoisotopic (exact) mass is 343 g/mol. The fourth-order valence-electron chi connectivity index (χ4n) is 2.47. The Morgan fingerprint density at radius 1 is 0.920 bits per heavy atom. The molecular weight excluding hydrogens is 321 g/mol. The van der Waals surface area contributed by atoms with E-state index in [0.29, 0.717) is 11.3 Å². The SMILES string of the molecule is CC(=O)Nc1cccc([C@H](C)NC(=O)N[C@H](C)c2cccc(F)c2)c1. The molecule has 132 valence electrons. The maximum absolute atomic E-state index is 13.3. The molecule has 0 saturated carbocycles. The van der Waals surface area contributed by atoms with Crippen LogP contribution in [-0.4, -0.2) is 11.9 Å². The molecule has 6 heteroatoms. The lowest BCUT2D eigenvalue weighted by Gasteiger charge is -2.19. The van der Waals surface area contributed by atoms with Crippen molar-refractivity contribution >= 4 is 17.6 Å². The van der Waals surface area contributed by atoms with E-state index in [1.54, 1.807) is 25.1 Å². The Kier molecular flexibility index (Phi) is 6.11. The molecule has 0 saturated heterocycles. The van der Waals surface area contributed by atoms with Gasteiger partial charge in [0.1, 0.15) is 5.82 Å². The maximum Gasteiger partial charge on any atom is 0.315 e. The van der Waals surface area contributed by atoms with E-state index in [1.165, 1.54) is 19.1 Å². The summed E-state index contributed by atoms with van der Waals surface area (Å²) in [5.41, 5.74) is 2.22. The molecule has 2 rings (SSSR count). The number of nitrogens with one attached hydrogen (secondary N) is 3. The Bertz CT molecular complexity index is 764. The van der Waals surface area contributed by atoms with Crippen LogP contribution < -0.4 is 16.0 Å².